The fourth-order valence-electron chi connectivity index (χ4n) is 2.32. The molecule has 0 amide bonds. The van der Waals surface area contributed by atoms with Crippen LogP contribution in [-0.2, 0) is 0 Å². The van der Waals surface area contributed by atoms with Crippen LogP contribution < -0.4 is 5.32 Å². The molecule has 0 saturated heterocycles. The van der Waals surface area contributed by atoms with Crippen molar-refractivity contribution in [2.75, 3.05) is 5.32 Å². The maximum Gasteiger partial charge on any atom is 0.118 e. The Balaban J connectivity index is 2.02. The van der Waals surface area contributed by atoms with E-state index >= 15 is 0 Å². The number of aryl methyl sites for hydroxylation is 1. The van der Waals surface area contributed by atoms with Gasteiger partial charge in [0, 0.05) is 11.7 Å². The Morgan fingerprint density at radius 1 is 1.33 bits per heavy atom. The van der Waals surface area contributed by atoms with Crippen LogP contribution in [0.3, 0.4) is 0 Å². The number of hydrogen-bond acceptors (Lipinski definition) is 2. The van der Waals surface area contributed by atoms with Crippen LogP contribution in [0, 0.1) is 12.8 Å². The van der Waals surface area contributed by atoms with Crippen molar-refractivity contribution in [1.82, 2.24) is 0 Å². The average Bonchev–Trinajstić information content (AvgIpc) is 2.58. The maximum atomic E-state index is 9.42. The first-order valence-corrected chi connectivity index (χ1v) is 5.71. The second-order valence-corrected chi connectivity index (χ2v) is 4.76. The van der Waals surface area contributed by atoms with Crippen LogP contribution in [0.5, 0.6) is 5.75 Å². The molecule has 1 aromatic carbocycles. The number of nitrogens with one attached hydrogen (secondary N) is 1. The topological polar surface area (TPSA) is 32.3 Å². The van der Waals surface area contributed by atoms with Crippen molar-refractivity contribution in [1.29, 1.82) is 0 Å². The lowest BCUT2D eigenvalue weighted by Gasteiger charge is -2.14. The first-order chi connectivity index (χ1) is 7.15. The van der Waals surface area contributed by atoms with E-state index in [1.165, 1.54) is 19.3 Å². The molecule has 1 fully saturated rings. The van der Waals surface area contributed by atoms with Crippen LogP contribution in [-0.4, -0.2) is 11.1 Å². The minimum absolute atomic E-state index is 0.375. The van der Waals surface area contributed by atoms with Gasteiger partial charge in [-0.1, -0.05) is 6.92 Å². The van der Waals surface area contributed by atoms with E-state index in [0.29, 0.717) is 11.8 Å². The van der Waals surface area contributed by atoms with E-state index in [1.54, 1.807) is 6.07 Å². The molecule has 1 aromatic rings. The lowest BCUT2D eigenvalue weighted by Crippen LogP contribution is -2.15. The summed E-state index contributed by atoms with van der Waals surface area (Å²) < 4.78 is 0. The molecule has 82 valence electrons. The molecule has 2 rings (SSSR count). The van der Waals surface area contributed by atoms with Crippen molar-refractivity contribution in [3.63, 3.8) is 0 Å². The molecule has 1 saturated carbocycles. The Morgan fingerprint density at radius 3 is 2.73 bits per heavy atom. The lowest BCUT2D eigenvalue weighted by molar-refractivity contribution is 0.471. The van der Waals surface area contributed by atoms with Gasteiger partial charge in [0.25, 0.3) is 0 Å². The summed E-state index contributed by atoms with van der Waals surface area (Å²) in [6.45, 7) is 4.24. The van der Waals surface area contributed by atoms with Gasteiger partial charge < -0.3 is 10.4 Å². The predicted molar refractivity (Wildman–Crippen MR) is 63.3 cm³/mol. The number of hydrogen-bond donors (Lipinski definition) is 2. The first-order valence-electron chi connectivity index (χ1n) is 5.71. The van der Waals surface area contributed by atoms with E-state index in [4.69, 9.17) is 0 Å². The van der Waals surface area contributed by atoms with Crippen LogP contribution in [0.15, 0.2) is 18.2 Å². The monoisotopic (exact) mass is 205 g/mol. The Morgan fingerprint density at radius 2 is 2.13 bits per heavy atom. The summed E-state index contributed by atoms with van der Waals surface area (Å²) in [7, 11) is 0. The SMILES string of the molecule is Cc1cc(NC2CCC(C)C2)ccc1O. The van der Waals surface area contributed by atoms with Gasteiger partial charge in [-0.15, -0.1) is 0 Å². The summed E-state index contributed by atoms with van der Waals surface area (Å²) in [4.78, 5) is 0. The number of rotatable bonds is 2. The van der Waals surface area contributed by atoms with E-state index in [0.717, 1.165) is 17.2 Å². The molecule has 0 aromatic heterocycles. The predicted octanol–water partition coefficient (Wildman–Crippen LogP) is 3.30. The zero-order chi connectivity index (χ0) is 10.8. The van der Waals surface area contributed by atoms with Crippen LogP contribution in [0.4, 0.5) is 5.69 Å². The van der Waals surface area contributed by atoms with Gasteiger partial charge >= 0.3 is 0 Å². The second-order valence-electron chi connectivity index (χ2n) is 4.76. The quantitative estimate of drug-likeness (QED) is 0.726. The molecule has 0 heterocycles. The Hall–Kier alpha value is -1.18. The molecule has 0 bridgehead atoms. The van der Waals surface area contributed by atoms with Gasteiger partial charge in [-0.2, -0.15) is 0 Å². The van der Waals surface area contributed by atoms with Gasteiger partial charge in [0.15, 0.2) is 0 Å². The third kappa shape index (κ3) is 2.44. The van der Waals surface area contributed by atoms with Crippen molar-refractivity contribution < 1.29 is 5.11 Å². The van der Waals surface area contributed by atoms with E-state index in [-0.39, 0.29) is 0 Å². The fourth-order valence-corrected chi connectivity index (χ4v) is 2.32. The second kappa shape index (κ2) is 4.13. The number of phenolic OH excluding ortho intramolecular Hbond substituents is 1. The third-order valence-corrected chi connectivity index (χ3v) is 3.26. The van der Waals surface area contributed by atoms with Crippen LogP contribution >= 0.6 is 0 Å². The summed E-state index contributed by atoms with van der Waals surface area (Å²) >= 11 is 0. The molecule has 2 heteroatoms. The number of benzene rings is 1. The highest BCUT2D eigenvalue weighted by Crippen LogP contribution is 2.28. The Kier molecular flexibility index (Phi) is 2.85. The number of phenols is 1. The van der Waals surface area contributed by atoms with Gasteiger partial charge in [0.1, 0.15) is 5.75 Å². The van der Waals surface area contributed by atoms with Crippen molar-refractivity contribution in [2.24, 2.45) is 5.92 Å². The maximum absolute atomic E-state index is 9.42. The van der Waals surface area contributed by atoms with Crippen LogP contribution in [0.2, 0.25) is 0 Å². The summed E-state index contributed by atoms with van der Waals surface area (Å²) in [5.41, 5.74) is 2.07. The first kappa shape index (κ1) is 10.3. The molecule has 1 aliphatic carbocycles. The summed E-state index contributed by atoms with van der Waals surface area (Å²) in [5.74, 6) is 1.22. The summed E-state index contributed by atoms with van der Waals surface area (Å²) in [5, 5.41) is 12.9. The van der Waals surface area contributed by atoms with Gasteiger partial charge in [0.05, 0.1) is 0 Å². The summed E-state index contributed by atoms with van der Waals surface area (Å²) in [6.07, 6.45) is 3.86. The standard InChI is InChI=1S/C13H19NO/c1-9-3-4-11(7-9)14-12-5-6-13(15)10(2)8-12/h5-6,8-9,11,14-15H,3-4,7H2,1-2H3. The third-order valence-electron chi connectivity index (χ3n) is 3.26. The minimum Gasteiger partial charge on any atom is -0.508 e. The van der Waals surface area contributed by atoms with Crippen LogP contribution in [0.1, 0.15) is 31.7 Å². The van der Waals surface area contributed by atoms with Gasteiger partial charge in [-0.25, -0.2) is 0 Å². The molecule has 2 nitrogen and oxygen atoms in total. The zero-order valence-corrected chi connectivity index (χ0v) is 9.46. The number of anilines is 1. The molecule has 2 N–H and O–H groups in total. The molecule has 1 aliphatic rings. The van der Waals surface area contributed by atoms with Crippen molar-refractivity contribution in [2.45, 2.75) is 39.2 Å². The molecular formula is C13H19NO. The van der Waals surface area contributed by atoms with E-state index in [2.05, 4.69) is 12.2 Å². The molecule has 2 atom stereocenters. The Labute approximate surface area is 91.3 Å². The lowest BCUT2D eigenvalue weighted by atomic mass is 10.1. The summed E-state index contributed by atoms with van der Waals surface area (Å²) in [6, 6.07) is 6.34. The molecule has 2 unspecified atom stereocenters. The average molecular weight is 205 g/mol. The minimum atomic E-state index is 0.375. The van der Waals surface area contributed by atoms with Crippen molar-refractivity contribution in [3.8, 4) is 5.75 Å². The molecular weight excluding hydrogens is 186 g/mol. The molecule has 0 aliphatic heterocycles. The highest BCUT2D eigenvalue weighted by molar-refractivity contribution is 5.50. The number of aromatic hydroxyl groups is 1. The van der Waals surface area contributed by atoms with E-state index in [1.807, 2.05) is 19.1 Å². The van der Waals surface area contributed by atoms with Crippen LogP contribution in [0.25, 0.3) is 0 Å². The smallest absolute Gasteiger partial charge is 0.118 e. The molecule has 0 spiro atoms. The van der Waals surface area contributed by atoms with Gasteiger partial charge in [-0.3, -0.25) is 0 Å². The Bertz CT molecular complexity index is 348. The highest BCUT2D eigenvalue weighted by atomic mass is 16.3. The van der Waals surface area contributed by atoms with Gasteiger partial charge in [0.2, 0.25) is 0 Å². The highest BCUT2D eigenvalue weighted by Gasteiger charge is 2.20. The van der Waals surface area contributed by atoms with Crippen molar-refractivity contribution in [3.05, 3.63) is 23.8 Å². The molecule has 0 radical (unpaired) electrons. The van der Waals surface area contributed by atoms with Gasteiger partial charge in [-0.05, 0) is 55.9 Å². The fraction of sp³-hybridized carbons (Fsp3) is 0.538. The van der Waals surface area contributed by atoms with E-state index < -0.39 is 0 Å². The molecule has 15 heavy (non-hydrogen) atoms. The normalized spacial score (nSPS) is 25.5. The van der Waals surface area contributed by atoms with Crippen molar-refractivity contribution >= 4 is 5.69 Å². The zero-order valence-electron chi connectivity index (χ0n) is 9.46. The largest absolute Gasteiger partial charge is 0.508 e. The van der Waals surface area contributed by atoms with E-state index in [9.17, 15) is 5.11 Å².